The van der Waals surface area contributed by atoms with Crippen molar-refractivity contribution in [1.29, 1.82) is 0 Å². The zero-order chi connectivity index (χ0) is 19.1. The van der Waals surface area contributed by atoms with Crippen LogP contribution in [-0.4, -0.2) is 32.9 Å². The Labute approximate surface area is 155 Å². The summed E-state index contributed by atoms with van der Waals surface area (Å²) in [6.45, 7) is 12.8. The van der Waals surface area contributed by atoms with Gasteiger partial charge in [0.05, 0.1) is 17.4 Å². The molecule has 26 heavy (non-hydrogen) atoms. The lowest BCUT2D eigenvalue weighted by Gasteiger charge is -2.34. The molecule has 0 unspecified atom stereocenters. The molecule has 2 heterocycles. The normalized spacial score (nSPS) is 18.3. The van der Waals surface area contributed by atoms with Crippen molar-refractivity contribution in [3.8, 4) is 0 Å². The van der Waals surface area contributed by atoms with E-state index in [9.17, 15) is 4.79 Å². The third-order valence-electron chi connectivity index (χ3n) is 4.49. The molecular formula is C21H29N3O2. The van der Waals surface area contributed by atoms with Crippen LogP contribution in [-0.2, 0) is 4.74 Å². The Balaban J connectivity index is 1.97. The van der Waals surface area contributed by atoms with Gasteiger partial charge in [-0.05, 0) is 64.7 Å². The third kappa shape index (κ3) is 3.76. The van der Waals surface area contributed by atoms with Gasteiger partial charge in [-0.1, -0.05) is 19.1 Å². The Bertz CT molecular complexity index is 843. The molecule has 140 valence electrons. The lowest BCUT2D eigenvalue weighted by atomic mass is 9.98. The number of fused-ring (bicyclic) bond motifs is 1. The molecule has 0 aliphatic carbocycles. The molecule has 0 fully saturated rings. The minimum absolute atomic E-state index is 0.284. The van der Waals surface area contributed by atoms with Crippen LogP contribution in [0.2, 0.25) is 0 Å². The average molecular weight is 355 g/mol. The molecular weight excluding hydrogens is 326 g/mol. The summed E-state index contributed by atoms with van der Waals surface area (Å²) in [5.41, 5.74) is 2.55. The molecule has 1 aliphatic rings. The van der Waals surface area contributed by atoms with E-state index in [0.717, 1.165) is 28.6 Å². The fourth-order valence-electron chi connectivity index (χ4n) is 3.30. The van der Waals surface area contributed by atoms with Crippen LogP contribution in [0.3, 0.4) is 0 Å². The minimum Gasteiger partial charge on any atom is -0.443 e. The lowest BCUT2D eigenvalue weighted by Crippen LogP contribution is -2.39. The van der Waals surface area contributed by atoms with Crippen molar-refractivity contribution in [3.05, 3.63) is 36.0 Å². The molecule has 0 bridgehead atoms. The average Bonchev–Trinajstić information content (AvgIpc) is 2.96. The number of ether oxygens (including phenoxy) is 1. The van der Waals surface area contributed by atoms with Gasteiger partial charge in [0, 0.05) is 18.0 Å². The first-order valence-electron chi connectivity index (χ1n) is 9.34. The van der Waals surface area contributed by atoms with Crippen LogP contribution >= 0.6 is 0 Å². The van der Waals surface area contributed by atoms with Gasteiger partial charge in [-0.15, -0.1) is 0 Å². The number of nitrogens with zero attached hydrogens (tertiary/aromatic N) is 3. The van der Waals surface area contributed by atoms with E-state index in [1.165, 1.54) is 0 Å². The number of rotatable bonds is 2. The van der Waals surface area contributed by atoms with Crippen LogP contribution < -0.4 is 0 Å². The topological polar surface area (TPSA) is 47.4 Å². The molecule has 1 aromatic carbocycles. The standard InChI is InChI=1S/C21H29N3O2/c1-14(2)24-19-10-8-16(11-17(19)12-22-24)18-9-7-15(3)13-23(18)20(25)26-21(4,5)6/h8-12,14-15H,7,13H2,1-6H3/t15-/m0/s1. The summed E-state index contributed by atoms with van der Waals surface area (Å²) in [5, 5.41) is 5.57. The van der Waals surface area contributed by atoms with E-state index in [4.69, 9.17) is 4.74 Å². The number of hydrogen-bond donors (Lipinski definition) is 0. The van der Waals surface area contributed by atoms with Gasteiger partial charge in [-0.25, -0.2) is 4.79 Å². The summed E-state index contributed by atoms with van der Waals surface area (Å²) in [5.74, 6) is 0.415. The maximum absolute atomic E-state index is 12.7. The predicted octanol–water partition coefficient (Wildman–Crippen LogP) is 5.24. The SMILES string of the molecule is CC(C)n1ncc2cc(C3=CC[C@H](C)CN3C(=O)OC(C)(C)C)ccc21. The number of hydrogen-bond acceptors (Lipinski definition) is 3. The maximum Gasteiger partial charge on any atom is 0.414 e. The molecule has 0 saturated heterocycles. The Kier molecular flexibility index (Phi) is 4.82. The Morgan fingerprint density at radius 2 is 2.04 bits per heavy atom. The summed E-state index contributed by atoms with van der Waals surface area (Å²) in [6.07, 6.45) is 4.71. The summed E-state index contributed by atoms with van der Waals surface area (Å²) in [6, 6.07) is 6.58. The van der Waals surface area contributed by atoms with E-state index in [0.29, 0.717) is 18.5 Å². The molecule has 2 aromatic rings. The molecule has 0 radical (unpaired) electrons. The van der Waals surface area contributed by atoms with Crippen LogP contribution in [0, 0.1) is 5.92 Å². The van der Waals surface area contributed by atoms with E-state index < -0.39 is 5.60 Å². The van der Waals surface area contributed by atoms with E-state index in [1.807, 2.05) is 31.6 Å². The second kappa shape index (κ2) is 6.78. The molecule has 1 aliphatic heterocycles. The number of carbonyl (C=O) groups is 1. The van der Waals surface area contributed by atoms with Gasteiger partial charge < -0.3 is 4.74 Å². The molecule has 5 nitrogen and oxygen atoms in total. The molecule has 1 aromatic heterocycles. The van der Waals surface area contributed by atoms with Gasteiger partial charge >= 0.3 is 6.09 Å². The number of benzene rings is 1. The molecule has 5 heteroatoms. The summed E-state index contributed by atoms with van der Waals surface area (Å²) >= 11 is 0. The zero-order valence-electron chi connectivity index (χ0n) is 16.6. The van der Waals surface area contributed by atoms with Crippen LogP contribution in [0.5, 0.6) is 0 Å². The predicted molar refractivity (Wildman–Crippen MR) is 105 cm³/mol. The highest BCUT2D eigenvalue weighted by molar-refractivity contribution is 5.87. The Morgan fingerprint density at radius 3 is 2.69 bits per heavy atom. The molecule has 0 spiro atoms. The lowest BCUT2D eigenvalue weighted by molar-refractivity contribution is 0.0327. The maximum atomic E-state index is 12.7. The van der Waals surface area contributed by atoms with Gasteiger partial charge in [0.1, 0.15) is 5.60 Å². The number of carbonyl (C=O) groups excluding carboxylic acids is 1. The number of amides is 1. The highest BCUT2D eigenvalue weighted by Crippen LogP contribution is 2.31. The van der Waals surface area contributed by atoms with Crippen molar-refractivity contribution in [2.24, 2.45) is 5.92 Å². The molecule has 3 rings (SSSR count). The molecule has 0 saturated carbocycles. The highest BCUT2D eigenvalue weighted by Gasteiger charge is 2.29. The second-order valence-corrected chi connectivity index (χ2v) is 8.48. The van der Waals surface area contributed by atoms with Crippen LogP contribution in [0.4, 0.5) is 4.79 Å². The van der Waals surface area contributed by atoms with Crippen molar-refractivity contribution in [2.45, 2.75) is 59.6 Å². The molecule has 0 N–H and O–H groups in total. The Hall–Kier alpha value is -2.30. The molecule has 1 amide bonds. The van der Waals surface area contributed by atoms with Crippen LogP contribution in [0.15, 0.2) is 30.5 Å². The van der Waals surface area contributed by atoms with Gasteiger partial charge in [0.25, 0.3) is 0 Å². The quantitative estimate of drug-likeness (QED) is 0.740. The summed E-state index contributed by atoms with van der Waals surface area (Å²) < 4.78 is 7.65. The number of allylic oxidation sites excluding steroid dienone is 1. The monoisotopic (exact) mass is 355 g/mol. The Morgan fingerprint density at radius 1 is 1.31 bits per heavy atom. The number of aromatic nitrogens is 2. The first kappa shape index (κ1) is 18.5. The highest BCUT2D eigenvalue weighted by atomic mass is 16.6. The van der Waals surface area contributed by atoms with Crippen molar-refractivity contribution in [2.75, 3.05) is 6.54 Å². The summed E-state index contributed by atoms with van der Waals surface area (Å²) in [4.78, 5) is 14.5. The second-order valence-electron chi connectivity index (χ2n) is 8.48. The fraction of sp³-hybridized carbons (Fsp3) is 0.524. The minimum atomic E-state index is -0.509. The zero-order valence-corrected chi connectivity index (χ0v) is 16.6. The van der Waals surface area contributed by atoms with Gasteiger partial charge in [-0.2, -0.15) is 5.10 Å². The van der Waals surface area contributed by atoms with E-state index in [-0.39, 0.29) is 6.09 Å². The summed E-state index contributed by atoms with van der Waals surface area (Å²) in [7, 11) is 0. The first-order valence-corrected chi connectivity index (χ1v) is 9.34. The van der Waals surface area contributed by atoms with Crippen molar-refractivity contribution in [1.82, 2.24) is 14.7 Å². The smallest absolute Gasteiger partial charge is 0.414 e. The van der Waals surface area contributed by atoms with E-state index >= 15 is 0 Å². The first-order chi connectivity index (χ1) is 12.2. The molecule has 1 atom stereocenters. The van der Waals surface area contributed by atoms with Crippen molar-refractivity contribution < 1.29 is 9.53 Å². The third-order valence-corrected chi connectivity index (χ3v) is 4.49. The van der Waals surface area contributed by atoms with E-state index in [2.05, 4.69) is 50.1 Å². The van der Waals surface area contributed by atoms with Crippen molar-refractivity contribution in [3.63, 3.8) is 0 Å². The van der Waals surface area contributed by atoms with Gasteiger partial charge in [0.2, 0.25) is 0 Å². The van der Waals surface area contributed by atoms with Gasteiger partial charge in [0.15, 0.2) is 0 Å². The van der Waals surface area contributed by atoms with Crippen LogP contribution in [0.25, 0.3) is 16.6 Å². The largest absolute Gasteiger partial charge is 0.443 e. The van der Waals surface area contributed by atoms with Crippen molar-refractivity contribution >= 4 is 22.7 Å². The fourth-order valence-corrected chi connectivity index (χ4v) is 3.30. The van der Waals surface area contributed by atoms with Gasteiger partial charge in [-0.3, -0.25) is 9.58 Å². The van der Waals surface area contributed by atoms with Crippen LogP contribution in [0.1, 0.15) is 59.6 Å². The van der Waals surface area contributed by atoms with E-state index in [1.54, 1.807) is 4.90 Å².